The maximum Gasteiger partial charge on any atom is 0.253 e. The number of hydrogen-bond donors (Lipinski definition) is 1. The lowest BCUT2D eigenvalue weighted by Crippen LogP contribution is -2.26. The number of aromatic nitrogens is 1. The Morgan fingerprint density at radius 1 is 1.30 bits per heavy atom. The zero-order valence-electron chi connectivity index (χ0n) is 11.7. The fraction of sp³-hybridized carbons (Fsp3) is 0.250. The van der Waals surface area contributed by atoms with Crippen LogP contribution in [0.2, 0.25) is 0 Å². The molecule has 1 unspecified atom stereocenters. The first-order valence-electron chi connectivity index (χ1n) is 6.64. The molecule has 1 heterocycles. The first-order valence-corrected chi connectivity index (χ1v) is 6.64. The van der Waals surface area contributed by atoms with Crippen LogP contribution in [-0.4, -0.2) is 17.5 Å². The van der Waals surface area contributed by atoms with E-state index in [0.717, 1.165) is 11.3 Å². The molecule has 2 rings (SSSR count). The molecule has 4 heteroatoms. The predicted octanol–water partition coefficient (Wildman–Crippen LogP) is 2.97. The van der Waals surface area contributed by atoms with E-state index in [1.807, 2.05) is 38.1 Å². The summed E-state index contributed by atoms with van der Waals surface area (Å²) in [6.07, 6.45) is 3.20. The smallest absolute Gasteiger partial charge is 0.253 e. The van der Waals surface area contributed by atoms with Gasteiger partial charge >= 0.3 is 0 Å². The molecule has 0 saturated carbocycles. The summed E-state index contributed by atoms with van der Waals surface area (Å²) in [5.41, 5.74) is 1.59. The lowest BCUT2D eigenvalue weighted by atomic mass is 10.1. The van der Waals surface area contributed by atoms with Crippen molar-refractivity contribution in [3.05, 3.63) is 59.9 Å². The van der Waals surface area contributed by atoms with Crippen molar-refractivity contribution in [2.45, 2.75) is 19.9 Å². The van der Waals surface area contributed by atoms with Crippen molar-refractivity contribution in [2.75, 3.05) is 6.61 Å². The van der Waals surface area contributed by atoms with Crippen LogP contribution in [0, 0.1) is 0 Å². The SMILES string of the molecule is CCOc1ccc(C(C)NC(=O)c2cccnc2)cc1. The van der Waals surface area contributed by atoms with Crippen LogP contribution in [0.25, 0.3) is 0 Å². The van der Waals surface area contributed by atoms with Gasteiger partial charge in [0.2, 0.25) is 0 Å². The molecule has 0 aliphatic rings. The summed E-state index contributed by atoms with van der Waals surface area (Å²) in [4.78, 5) is 16.0. The van der Waals surface area contributed by atoms with Crippen LogP contribution in [-0.2, 0) is 0 Å². The molecule has 4 nitrogen and oxygen atoms in total. The molecular formula is C16H18N2O2. The number of pyridine rings is 1. The highest BCUT2D eigenvalue weighted by molar-refractivity contribution is 5.94. The van der Waals surface area contributed by atoms with E-state index in [1.54, 1.807) is 24.5 Å². The quantitative estimate of drug-likeness (QED) is 0.908. The number of amides is 1. The Labute approximate surface area is 118 Å². The highest BCUT2D eigenvalue weighted by atomic mass is 16.5. The van der Waals surface area contributed by atoms with E-state index < -0.39 is 0 Å². The van der Waals surface area contributed by atoms with Gasteiger partial charge in [0, 0.05) is 12.4 Å². The van der Waals surface area contributed by atoms with Gasteiger partial charge in [-0.25, -0.2) is 0 Å². The molecule has 0 saturated heterocycles. The Morgan fingerprint density at radius 3 is 2.65 bits per heavy atom. The van der Waals surface area contributed by atoms with E-state index in [4.69, 9.17) is 4.74 Å². The second kappa shape index (κ2) is 6.70. The molecule has 2 aromatic rings. The van der Waals surface area contributed by atoms with Gasteiger partial charge in [-0.2, -0.15) is 0 Å². The van der Waals surface area contributed by atoms with Crippen LogP contribution in [0.15, 0.2) is 48.8 Å². The highest BCUT2D eigenvalue weighted by Gasteiger charge is 2.11. The Kier molecular flexibility index (Phi) is 4.71. The van der Waals surface area contributed by atoms with E-state index >= 15 is 0 Å². The van der Waals surface area contributed by atoms with Crippen LogP contribution in [0.3, 0.4) is 0 Å². The summed E-state index contributed by atoms with van der Waals surface area (Å²) in [5, 5.41) is 2.94. The summed E-state index contributed by atoms with van der Waals surface area (Å²) >= 11 is 0. The largest absolute Gasteiger partial charge is 0.494 e. The molecule has 0 bridgehead atoms. The van der Waals surface area contributed by atoms with E-state index in [2.05, 4.69) is 10.3 Å². The normalized spacial score (nSPS) is 11.7. The fourth-order valence-electron chi connectivity index (χ4n) is 1.88. The number of benzene rings is 1. The number of ether oxygens (including phenoxy) is 1. The Balaban J connectivity index is 2.01. The molecule has 0 fully saturated rings. The Morgan fingerprint density at radius 2 is 2.05 bits per heavy atom. The average molecular weight is 270 g/mol. The van der Waals surface area contributed by atoms with Crippen LogP contribution >= 0.6 is 0 Å². The number of nitrogens with zero attached hydrogens (tertiary/aromatic N) is 1. The van der Waals surface area contributed by atoms with Crippen molar-refractivity contribution in [3.8, 4) is 5.75 Å². The van der Waals surface area contributed by atoms with E-state index in [-0.39, 0.29) is 11.9 Å². The third-order valence-electron chi connectivity index (χ3n) is 2.96. The third-order valence-corrected chi connectivity index (χ3v) is 2.96. The van der Waals surface area contributed by atoms with Gasteiger partial charge in [0.1, 0.15) is 5.75 Å². The Hall–Kier alpha value is -2.36. The molecule has 1 amide bonds. The zero-order chi connectivity index (χ0) is 14.4. The molecule has 1 aromatic carbocycles. The van der Waals surface area contributed by atoms with Gasteiger partial charge in [-0.1, -0.05) is 12.1 Å². The summed E-state index contributed by atoms with van der Waals surface area (Å²) in [7, 11) is 0. The van der Waals surface area contributed by atoms with Crippen LogP contribution in [0.4, 0.5) is 0 Å². The fourth-order valence-corrected chi connectivity index (χ4v) is 1.88. The number of carbonyl (C=O) groups is 1. The van der Waals surface area contributed by atoms with Crippen molar-refractivity contribution >= 4 is 5.91 Å². The average Bonchev–Trinajstić information content (AvgIpc) is 2.49. The summed E-state index contributed by atoms with van der Waals surface area (Å²) in [6, 6.07) is 11.2. The van der Waals surface area contributed by atoms with Gasteiger partial charge in [-0.15, -0.1) is 0 Å². The number of nitrogens with one attached hydrogen (secondary N) is 1. The number of hydrogen-bond acceptors (Lipinski definition) is 3. The van der Waals surface area contributed by atoms with Gasteiger partial charge in [-0.05, 0) is 43.7 Å². The van der Waals surface area contributed by atoms with Crippen LogP contribution in [0.1, 0.15) is 35.8 Å². The van der Waals surface area contributed by atoms with Crippen molar-refractivity contribution < 1.29 is 9.53 Å². The molecule has 1 N–H and O–H groups in total. The van der Waals surface area contributed by atoms with Crippen molar-refractivity contribution in [1.29, 1.82) is 0 Å². The molecule has 20 heavy (non-hydrogen) atoms. The van der Waals surface area contributed by atoms with Gasteiger partial charge in [0.25, 0.3) is 5.91 Å². The molecule has 0 radical (unpaired) electrons. The number of rotatable bonds is 5. The lowest BCUT2D eigenvalue weighted by molar-refractivity contribution is 0.0939. The molecule has 1 atom stereocenters. The summed E-state index contributed by atoms with van der Waals surface area (Å²) < 4.78 is 5.40. The maximum atomic E-state index is 12.0. The molecule has 1 aromatic heterocycles. The number of carbonyl (C=O) groups excluding carboxylic acids is 1. The molecule has 104 valence electrons. The van der Waals surface area contributed by atoms with Crippen molar-refractivity contribution in [1.82, 2.24) is 10.3 Å². The minimum absolute atomic E-state index is 0.0709. The Bertz CT molecular complexity index is 552. The minimum Gasteiger partial charge on any atom is -0.494 e. The molecule has 0 spiro atoms. The monoisotopic (exact) mass is 270 g/mol. The van der Waals surface area contributed by atoms with E-state index in [9.17, 15) is 4.79 Å². The second-order valence-electron chi connectivity index (χ2n) is 4.44. The minimum atomic E-state index is -0.125. The predicted molar refractivity (Wildman–Crippen MR) is 77.7 cm³/mol. The highest BCUT2D eigenvalue weighted by Crippen LogP contribution is 2.18. The summed E-state index contributed by atoms with van der Waals surface area (Å²) in [6.45, 7) is 4.54. The van der Waals surface area contributed by atoms with E-state index in [1.165, 1.54) is 0 Å². The molecule has 0 aliphatic carbocycles. The zero-order valence-corrected chi connectivity index (χ0v) is 11.7. The van der Waals surface area contributed by atoms with Gasteiger partial charge < -0.3 is 10.1 Å². The van der Waals surface area contributed by atoms with Crippen molar-refractivity contribution in [3.63, 3.8) is 0 Å². The van der Waals surface area contributed by atoms with Gasteiger partial charge in [0.15, 0.2) is 0 Å². The first kappa shape index (κ1) is 14.1. The molecule has 0 aliphatic heterocycles. The topological polar surface area (TPSA) is 51.2 Å². The standard InChI is InChI=1S/C16H18N2O2/c1-3-20-15-8-6-13(7-9-15)12(2)18-16(19)14-5-4-10-17-11-14/h4-12H,3H2,1-2H3,(H,18,19). The second-order valence-corrected chi connectivity index (χ2v) is 4.44. The third kappa shape index (κ3) is 3.57. The van der Waals surface area contributed by atoms with Gasteiger partial charge in [-0.3, -0.25) is 9.78 Å². The van der Waals surface area contributed by atoms with Crippen LogP contribution in [0.5, 0.6) is 5.75 Å². The lowest BCUT2D eigenvalue weighted by Gasteiger charge is -2.14. The van der Waals surface area contributed by atoms with Crippen molar-refractivity contribution in [2.24, 2.45) is 0 Å². The van der Waals surface area contributed by atoms with E-state index in [0.29, 0.717) is 12.2 Å². The van der Waals surface area contributed by atoms with Gasteiger partial charge in [0.05, 0.1) is 18.2 Å². The summed E-state index contributed by atoms with van der Waals surface area (Å²) in [5.74, 6) is 0.710. The van der Waals surface area contributed by atoms with Crippen LogP contribution < -0.4 is 10.1 Å². The maximum absolute atomic E-state index is 12.0. The molecular weight excluding hydrogens is 252 g/mol. The first-order chi connectivity index (χ1) is 9.70.